The average Bonchev–Trinajstić information content (AvgIpc) is 2.28. The van der Waals surface area contributed by atoms with E-state index in [-0.39, 0.29) is 16.9 Å². The molecular formula is C12H9Cl3N2O. The predicted molar refractivity (Wildman–Crippen MR) is 73.2 cm³/mol. The third-order valence-corrected chi connectivity index (χ3v) is 3.04. The highest BCUT2D eigenvalue weighted by Gasteiger charge is 2.13. The van der Waals surface area contributed by atoms with Crippen molar-refractivity contribution in [3.8, 4) is 11.1 Å². The normalized spacial score (nSPS) is 10.7. The molecule has 0 aliphatic carbocycles. The maximum atomic E-state index is 6.12. The number of hydrogen-bond donors (Lipinski definition) is 0. The van der Waals surface area contributed by atoms with Crippen LogP contribution in [0.3, 0.4) is 0 Å². The smallest absolute Gasteiger partial charge is 0.157 e. The number of methoxy groups -OCH3 is 1. The quantitative estimate of drug-likeness (QED) is 0.795. The maximum absolute atomic E-state index is 6.12. The van der Waals surface area contributed by atoms with Gasteiger partial charge in [-0.3, -0.25) is 0 Å². The summed E-state index contributed by atoms with van der Waals surface area (Å²) in [7, 11) is 1.55. The maximum Gasteiger partial charge on any atom is 0.157 e. The summed E-state index contributed by atoms with van der Waals surface area (Å²) in [4.78, 5) is 8.26. The summed E-state index contributed by atoms with van der Waals surface area (Å²) in [5.74, 6) is 0.443. The third kappa shape index (κ3) is 2.93. The highest BCUT2D eigenvalue weighted by Crippen LogP contribution is 2.33. The number of nitrogens with zero attached hydrogens (tertiary/aromatic N) is 2. The van der Waals surface area contributed by atoms with Gasteiger partial charge in [0.15, 0.2) is 5.82 Å². The van der Waals surface area contributed by atoms with Crippen LogP contribution in [0, 0.1) is 0 Å². The SMILES string of the molecule is COCc1nc(Cl)c(-c2cccc(Cl)c2)c(Cl)n1. The van der Waals surface area contributed by atoms with E-state index in [0.717, 1.165) is 5.56 Å². The van der Waals surface area contributed by atoms with Gasteiger partial charge in [0.05, 0.1) is 5.56 Å². The van der Waals surface area contributed by atoms with Crippen LogP contribution in [-0.2, 0) is 11.3 Å². The van der Waals surface area contributed by atoms with E-state index in [1.54, 1.807) is 19.2 Å². The van der Waals surface area contributed by atoms with E-state index in [9.17, 15) is 0 Å². The Bertz CT molecular complexity index is 552. The zero-order valence-electron chi connectivity index (χ0n) is 9.45. The van der Waals surface area contributed by atoms with Crippen molar-refractivity contribution in [2.75, 3.05) is 7.11 Å². The van der Waals surface area contributed by atoms with Crippen molar-refractivity contribution in [3.05, 3.63) is 45.4 Å². The van der Waals surface area contributed by atoms with E-state index in [0.29, 0.717) is 16.4 Å². The summed E-state index contributed by atoms with van der Waals surface area (Å²) in [6, 6.07) is 7.19. The highest BCUT2D eigenvalue weighted by atomic mass is 35.5. The van der Waals surface area contributed by atoms with Crippen LogP contribution in [0.1, 0.15) is 5.82 Å². The van der Waals surface area contributed by atoms with Gasteiger partial charge in [0.1, 0.15) is 16.9 Å². The lowest BCUT2D eigenvalue weighted by molar-refractivity contribution is 0.178. The van der Waals surface area contributed by atoms with Crippen LogP contribution in [0.25, 0.3) is 11.1 Å². The molecule has 0 N–H and O–H groups in total. The molecule has 3 nitrogen and oxygen atoms in total. The fourth-order valence-corrected chi connectivity index (χ4v) is 2.36. The lowest BCUT2D eigenvalue weighted by Crippen LogP contribution is -1.99. The standard InChI is InChI=1S/C12H9Cl3N2O/c1-18-6-9-16-11(14)10(12(15)17-9)7-3-2-4-8(13)5-7/h2-5H,6H2,1H3. The Hall–Kier alpha value is -0.870. The number of hydrogen-bond acceptors (Lipinski definition) is 3. The van der Waals surface area contributed by atoms with Crippen LogP contribution < -0.4 is 0 Å². The molecule has 0 atom stereocenters. The molecule has 1 aromatic heterocycles. The van der Waals surface area contributed by atoms with Gasteiger partial charge in [0, 0.05) is 12.1 Å². The molecule has 0 fully saturated rings. The molecule has 0 saturated carbocycles. The number of benzene rings is 1. The van der Waals surface area contributed by atoms with Gasteiger partial charge in [0.25, 0.3) is 0 Å². The van der Waals surface area contributed by atoms with Crippen molar-refractivity contribution >= 4 is 34.8 Å². The minimum atomic E-state index is 0.259. The lowest BCUT2D eigenvalue weighted by atomic mass is 10.1. The molecule has 94 valence electrons. The summed E-state index contributed by atoms with van der Waals surface area (Å²) in [5, 5.41) is 1.16. The second-order valence-corrected chi connectivity index (χ2v) is 4.69. The Kier molecular flexibility index (Phi) is 4.40. The summed E-state index contributed by atoms with van der Waals surface area (Å²) >= 11 is 18.2. The van der Waals surface area contributed by atoms with Gasteiger partial charge < -0.3 is 4.74 Å². The fraction of sp³-hybridized carbons (Fsp3) is 0.167. The highest BCUT2D eigenvalue weighted by molar-refractivity contribution is 6.38. The molecule has 0 aliphatic heterocycles. The van der Waals surface area contributed by atoms with E-state index in [1.807, 2.05) is 12.1 Å². The second-order valence-electron chi connectivity index (χ2n) is 3.54. The number of aromatic nitrogens is 2. The van der Waals surface area contributed by atoms with Crippen molar-refractivity contribution in [1.29, 1.82) is 0 Å². The van der Waals surface area contributed by atoms with Gasteiger partial charge in [-0.2, -0.15) is 0 Å². The van der Waals surface area contributed by atoms with Gasteiger partial charge in [-0.1, -0.05) is 46.9 Å². The minimum absolute atomic E-state index is 0.259. The van der Waals surface area contributed by atoms with Crippen LogP contribution in [0.4, 0.5) is 0 Å². The largest absolute Gasteiger partial charge is 0.377 e. The van der Waals surface area contributed by atoms with Crippen molar-refractivity contribution in [1.82, 2.24) is 9.97 Å². The first-order chi connectivity index (χ1) is 8.61. The summed E-state index contributed by atoms with van der Waals surface area (Å²) in [5.41, 5.74) is 1.35. The summed E-state index contributed by atoms with van der Waals surface area (Å²) in [6.07, 6.45) is 0. The molecule has 18 heavy (non-hydrogen) atoms. The van der Waals surface area contributed by atoms with Crippen LogP contribution in [-0.4, -0.2) is 17.1 Å². The monoisotopic (exact) mass is 302 g/mol. The van der Waals surface area contributed by atoms with Gasteiger partial charge in [-0.25, -0.2) is 9.97 Å². The van der Waals surface area contributed by atoms with Crippen LogP contribution >= 0.6 is 34.8 Å². The van der Waals surface area contributed by atoms with Gasteiger partial charge in [-0.15, -0.1) is 0 Å². The Balaban J connectivity index is 2.51. The first-order valence-electron chi connectivity index (χ1n) is 5.08. The molecule has 0 amide bonds. The Morgan fingerprint density at radius 2 is 1.78 bits per heavy atom. The minimum Gasteiger partial charge on any atom is -0.377 e. The van der Waals surface area contributed by atoms with E-state index >= 15 is 0 Å². The van der Waals surface area contributed by atoms with Gasteiger partial charge in [0.2, 0.25) is 0 Å². The molecule has 1 aromatic carbocycles. The fourth-order valence-electron chi connectivity index (χ4n) is 1.52. The molecular weight excluding hydrogens is 295 g/mol. The van der Waals surface area contributed by atoms with Crippen molar-refractivity contribution < 1.29 is 4.74 Å². The molecule has 0 saturated heterocycles. The van der Waals surface area contributed by atoms with Crippen LogP contribution in [0.15, 0.2) is 24.3 Å². The molecule has 2 rings (SSSR count). The number of rotatable bonds is 3. The van der Waals surface area contributed by atoms with Crippen molar-refractivity contribution in [2.24, 2.45) is 0 Å². The van der Waals surface area contributed by atoms with Gasteiger partial charge in [-0.05, 0) is 17.7 Å². The zero-order valence-corrected chi connectivity index (χ0v) is 11.7. The van der Waals surface area contributed by atoms with E-state index < -0.39 is 0 Å². The molecule has 0 unspecified atom stereocenters. The van der Waals surface area contributed by atoms with E-state index in [1.165, 1.54) is 0 Å². The van der Waals surface area contributed by atoms with Crippen LogP contribution in [0.5, 0.6) is 0 Å². The van der Waals surface area contributed by atoms with Crippen molar-refractivity contribution in [2.45, 2.75) is 6.61 Å². The molecule has 0 radical (unpaired) electrons. The first kappa shape index (κ1) is 13.6. The first-order valence-corrected chi connectivity index (χ1v) is 6.22. The predicted octanol–water partition coefficient (Wildman–Crippen LogP) is 4.25. The van der Waals surface area contributed by atoms with E-state index in [4.69, 9.17) is 39.5 Å². The molecule has 0 aliphatic rings. The molecule has 0 bridgehead atoms. The Morgan fingerprint density at radius 1 is 1.11 bits per heavy atom. The molecule has 1 heterocycles. The van der Waals surface area contributed by atoms with Crippen LogP contribution in [0.2, 0.25) is 15.3 Å². The molecule has 6 heteroatoms. The zero-order chi connectivity index (χ0) is 13.1. The van der Waals surface area contributed by atoms with Crippen molar-refractivity contribution in [3.63, 3.8) is 0 Å². The number of ether oxygens (including phenoxy) is 1. The summed E-state index contributed by atoms with van der Waals surface area (Å²) < 4.78 is 4.94. The Labute approximate surface area is 120 Å². The van der Waals surface area contributed by atoms with E-state index in [2.05, 4.69) is 9.97 Å². The second kappa shape index (κ2) is 5.85. The molecule has 0 spiro atoms. The molecule has 2 aromatic rings. The Morgan fingerprint density at radius 3 is 2.33 bits per heavy atom. The average molecular weight is 304 g/mol. The number of halogens is 3. The third-order valence-electron chi connectivity index (χ3n) is 2.25. The lowest BCUT2D eigenvalue weighted by Gasteiger charge is -2.08. The topological polar surface area (TPSA) is 35.0 Å². The summed E-state index contributed by atoms with van der Waals surface area (Å²) in [6.45, 7) is 0.259. The van der Waals surface area contributed by atoms with Gasteiger partial charge >= 0.3 is 0 Å².